The standard InChI is InChI=1S/C30H47N3O3/c1-5-7-9-18-33-26(13-8-6-2)30(36-29(33)35)16-21-31(22-17-30)25-14-19-32(20-15-25)28(34)27-23(3)11-10-12-24(27)4/h10-12,25-26H,5-9,13-22H2,1-4H3. The van der Waals surface area contributed by atoms with Crippen LogP contribution in [0.1, 0.15) is 99.5 Å². The number of hydrogen-bond acceptors (Lipinski definition) is 4. The fourth-order valence-electron chi connectivity index (χ4n) is 6.75. The average Bonchev–Trinajstić information content (AvgIpc) is 3.13. The summed E-state index contributed by atoms with van der Waals surface area (Å²) in [5.74, 6) is 0.182. The molecule has 200 valence electrons. The van der Waals surface area contributed by atoms with E-state index < -0.39 is 0 Å². The summed E-state index contributed by atoms with van der Waals surface area (Å²) < 4.78 is 6.21. The number of amides is 2. The van der Waals surface area contributed by atoms with E-state index in [0.29, 0.717) is 6.04 Å². The molecule has 3 saturated heterocycles. The van der Waals surface area contributed by atoms with E-state index in [2.05, 4.69) is 23.6 Å². The Kier molecular flexibility index (Phi) is 8.97. The van der Waals surface area contributed by atoms with Crippen LogP contribution in [-0.4, -0.2) is 77.1 Å². The summed E-state index contributed by atoms with van der Waals surface area (Å²) in [6.07, 6.45) is 10.5. The molecule has 0 N–H and O–H groups in total. The number of hydrogen-bond donors (Lipinski definition) is 0. The molecule has 0 radical (unpaired) electrons. The molecule has 6 heteroatoms. The van der Waals surface area contributed by atoms with Gasteiger partial charge in [0.2, 0.25) is 0 Å². The quantitative estimate of drug-likeness (QED) is 0.396. The lowest BCUT2D eigenvalue weighted by molar-refractivity contribution is -0.0381. The smallest absolute Gasteiger partial charge is 0.410 e. The van der Waals surface area contributed by atoms with Crippen molar-refractivity contribution in [3.8, 4) is 0 Å². The lowest BCUT2D eigenvalue weighted by atomic mass is 9.81. The SMILES string of the molecule is CCCCCN1C(=O)OC2(CCN(C3CCN(C(=O)c4c(C)cccc4C)CC3)CC2)C1CCCC. The van der Waals surface area contributed by atoms with E-state index in [0.717, 1.165) is 114 Å². The molecule has 1 aromatic rings. The molecule has 1 aromatic carbocycles. The minimum absolute atomic E-state index is 0.0843. The highest BCUT2D eigenvalue weighted by Crippen LogP contribution is 2.42. The third-order valence-corrected chi connectivity index (χ3v) is 8.95. The second-order valence-electron chi connectivity index (χ2n) is 11.3. The van der Waals surface area contributed by atoms with Crippen LogP contribution in [0.25, 0.3) is 0 Å². The van der Waals surface area contributed by atoms with Crippen molar-refractivity contribution >= 4 is 12.0 Å². The number of rotatable bonds is 9. The molecule has 3 aliphatic heterocycles. The first kappa shape index (κ1) is 27.0. The Balaban J connectivity index is 1.33. The topological polar surface area (TPSA) is 53.1 Å². The molecule has 1 unspecified atom stereocenters. The Bertz CT molecular complexity index is 880. The first-order chi connectivity index (χ1) is 17.4. The Morgan fingerprint density at radius 1 is 0.972 bits per heavy atom. The van der Waals surface area contributed by atoms with E-state index in [9.17, 15) is 9.59 Å². The molecule has 3 aliphatic rings. The third-order valence-electron chi connectivity index (χ3n) is 8.95. The predicted molar refractivity (Wildman–Crippen MR) is 144 cm³/mol. The van der Waals surface area contributed by atoms with Crippen molar-refractivity contribution in [2.45, 2.75) is 110 Å². The molecular weight excluding hydrogens is 450 g/mol. The molecule has 4 rings (SSSR count). The van der Waals surface area contributed by atoms with Crippen LogP contribution in [0, 0.1) is 13.8 Å². The van der Waals surface area contributed by atoms with Crippen molar-refractivity contribution in [1.29, 1.82) is 0 Å². The van der Waals surface area contributed by atoms with Gasteiger partial charge in [-0.05, 0) is 50.7 Å². The van der Waals surface area contributed by atoms with Crippen molar-refractivity contribution in [2.24, 2.45) is 0 Å². The number of ether oxygens (including phenoxy) is 1. The number of piperidine rings is 2. The first-order valence-corrected chi connectivity index (χ1v) is 14.5. The van der Waals surface area contributed by atoms with E-state index in [1.807, 2.05) is 36.9 Å². The summed E-state index contributed by atoms with van der Waals surface area (Å²) in [5, 5.41) is 0. The number of carbonyl (C=O) groups excluding carboxylic acids is 2. The fraction of sp³-hybridized carbons (Fsp3) is 0.733. The minimum Gasteiger partial charge on any atom is -0.440 e. The largest absolute Gasteiger partial charge is 0.440 e. The van der Waals surface area contributed by atoms with Crippen LogP contribution >= 0.6 is 0 Å². The summed E-state index contributed by atoms with van der Waals surface area (Å²) in [6, 6.07) is 6.82. The van der Waals surface area contributed by atoms with Crippen molar-refractivity contribution < 1.29 is 14.3 Å². The van der Waals surface area contributed by atoms with Crippen LogP contribution in [0.15, 0.2) is 18.2 Å². The summed E-state index contributed by atoms with van der Waals surface area (Å²) in [6.45, 7) is 12.9. The third kappa shape index (κ3) is 5.58. The summed E-state index contributed by atoms with van der Waals surface area (Å²) in [5.41, 5.74) is 2.70. The van der Waals surface area contributed by atoms with Crippen LogP contribution in [-0.2, 0) is 4.74 Å². The highest BCUT2D eigenvalue weighted by Gasteiger charge is 2.54. The summed E-state index contributed by atoms with van der Waals surface area (Å²) in [4.78, 5) is 32.9. The number of carbonyl (C=O) groups is 2. The van der Waals surface area contributed by atoms with Gasteiger partial charge in [0.15, 0.2) is 0 Å². The van der Waals surface area contributed by atoms with E-state index in [1.54, 1.807) is 0 Å². The van der Waals surface area contributed by atoms with Crippen molar-refractivity contribution in [2.75, 3.05) is 32.7 Å². The maximum Gasteiger partial charge on any atom is 0.410 e. The second-order valence-corrected chi connectivity index (χ2v) is 11.3. The van der Waals surface area contributed by atoms with Gasteiger partial charge in [0.1, 0.15) is 5.60 Å². The zero-order chi connectivity index (χ0) is 25.7. The van der Waals surface area contributed by atoms with E-state index in [4.69, 9.17) is 4.74 Å². The van der Waals surface area contributed by atoms with E-state index in [-0.39, 0.29) is 23.6 Å². The zero-order valence-electron chi connectivity index (χ0n) is 23.1. The first-order valence-electron chi connectivity index (χ1n) is 14.5. The zero-order valence-corrected chi connectivity index (χ0v) is 23.1. The minimum atomic E-state index is -0.312. The van der Waals surface area contributed by atoms with Gasteiger partial charge in [-0.15, -0.1) is 0 Å². The summed E-state index contributed by atoms with van der Waals surface area (Å²) in [7, 11) is 0. The molecule has 0 aromatic heterocycles. The van der Waals surface area contributed by atoms with Gasteiger partial charge in [-0.25, -0.2) is 4.79 Å². The van der Waals surface area contributed by atoms with Crippen LogP contribution in [0.4, 0.5) is 4.79 Å². The monoisotopic (exact) mass is 497 g/mol. The Morgan fingerprint density at radius 3 is 2.22 bits per heavy atom. The molecule has 2 amide bonds. The number of unbranched alkanes of at least 4 members (excludes halogenated alkanes) is 3. The average molecular weight is 498 g/mol. The maximum absolute atomic E-state index is 13.2. The fourth-order valence-corrected chi connectivity index (χ4v) is 6.75. The number of nitrogens with zero attached hydrogens (tertiary/aromatic N) is 3. The van der Waals surface area contributed by atoms with E-state index >= 15 is 0 Å². The molecule has 3 fully saturated rings. The van der Waals surface area contributed by atoms with Gasteiger partial charge in [0, 0.05) is 57.2 Å². The Morgan fingerprint density at radius 2 is 1.61 bits per heavy atom. The van der Waals surface area contributed by atoms with Crippen LogP contribution in [0.2, 0.25) is 0 Å². The molecule has 0 saturated carbocycles. The molecule has 1 spiro atoms. The molecule has 0 bridgehead atoms. The van der Waals surface area contributed by atoms with Gasteiger partial charge in [-0.3, -0.25) is 9.69 Å². The van der Waals surface area contributed by atoms with E-state index in [1.165, 1.54) is 0 Å². The molecule has 0 aliphatic carbocycles. The van der Waals surface area contributed by atoms with Crippen molar-refractivity contribution in [3.63, 3.8) is 0 Å². The normalized spacial score (nSPS) is 22.9. The highest BCUT2D eigenvalue weighted by atomic mass is 16.6. The van der Waals surface area contributed by atoms with Crippen LogP contribution in [0.5, 0.6) is 0 Å². The highest BCUT2D eigenvalue weighted by molar-refractivity contribution is 5.97. The van der Waals surface area contributed by atoms with Gasteiger partial charge in [-0.1, -0.05) is 57.7 Å². The maximum atomic E-state index is 13.2. The van der Waals surface area contributed by atoms with Gasteiger partial charge >= 0.3 is 6.09 Å². The van der Waals surface area contributed by atoms with Gasteiger partial charge in [-0.2, -0.15) is 0 Å². The Hall–Kier alpha value is -2.08. The number of aryl methyl sites for hydroxylation is 2. The van der Waals surface area contributed by atoms with Crippen molar-refractivity contribution in [3.05, 3.63) is 34.9 Å². The lowest BCUT2D eigenvalue weighted by Crippen LogP contribution is -2.56. The van der Waals surface area contributed by atoms with Gasteiger partial charge in [0.05, 0.1) is 6.04 Å². The Labute approximate surface area is 218 Å². The predicted octanol–water partition coefficient (Wildman–Crippen LogP) is 5.94. The van der Waals surface area contributed by atoms with Gasteiger partial charge < -0.3 is 14.5 Å². The van der Waals surface area contributed by atoms with Crippen LogP contribution in [0.3, 0.4) is 0 Å². The van der Waals surface area contributed by atoms with Crippen molar-refractivity contribution in [1.82, 2.24) is 14.7 Å². The molecule has 36 heavy (non-hydrogen) atoms. The number of benzene rings is 1. The number of likely N-dealkylation sites (tertiary alicyclic amines) is 2. The second kappa shape index (κ2) is 12.0. The van der Waals surface area contributed by atoms with Crippen LogP contribution < -0.4 is 0 Å². The lowest BCUT2D eigenvalue weighted by Gasteiger charge is -2.46. The molecular formula is C30H47N3O3. The van der Waals surface area contributed by atoms with Gasteiger partial charge in [0.25, 0.3) is 5.91 Å². The molecule has 3 heterocycles. The molecule has 1 atom stereocenters. The molecule has 6 nitrogen and oxygen atoms in total. The summed E-state index contributed by atoms with van der Waals surface area (Å²) >= 11 is 0.